The van der Waals surface area contributed by atoms with Gasteiger partial charge < -0.3 is 10.1 Å². The van der Waals surface area contributed by atoms with E-state index in [0.717, 1.165) is 5.56 Å². The van der Waals surface area contributed by atoms with Gasteiger partial charge in [0.15, 0.2) is 0 Å². The van der Waals surface area contributed by atoms with Gasteiger partial charge in [0.25, 0.3) is 0 Å². The van der Waals surface area contributed by atoms with Crippen molar-refractivity contribution in [1.29, 1.82) is 0 Å². The Kier molecular flexibility index (Phi) is 5.50. The van der Waals surface area contributed by atoms with E-state index in [1.54, 1.807) is 6.07 Å². The minimum absolute atomic E-state index is 0.000944. The summed E-state index contributed by atoms with van der Waals surface area (Å²) >= 11 is 0. The highest BCUT2D eigenvalue weighted by molar-refractivity contribution is 5.67. The molecule has 0 bridgehead atoms. The van der Waals surface area contributed by atoms with Crippen LogP contribution in [0.15, 0.2) is 48.5 Å². The highest BCUT2D eigenvalue weighted by Gasteiger charge is 2.05. The Morgan fingerprint density at radius 3 is 2.64 bits per heavy atom. The van der Waals surface area contributed by atoms with E-state index in [2.05, 4.69) is 10.2 Å². The predicted octanol–water partition coefficient (Wildman–Crippen LogP) is 3.85. The third kappa shape index (κ3) is 4.60. The lowest BCUT2D eigenvalue weighted by Crippen LogP contribution is -2.26. The molecule has 0 saturated carbocycles. The van der Waals surface area contributed by atoms with E-state index < -0.39 is 11.9 Å². The molecule has 0 spiro atoms. The largest absolute Gasteiger partial charge is 0.445 e. The van der Waals surface area contributed by atoms with Crippen molar-refractivity contribution >= 4 is 11.8 Å². The number of hydrogen-bond donors (Lipinski definition) is 1. The smallest absolute Gasteiger partial charge is 0.407 e. The van der Waals surface area contributed by atoms with E-state index in [1.165, 1.54) is 12.1 Å². The van der Waals surface area contributed by atoms with Crippen molar-refractivity contribution in [3.63, 3.8) is 0 Å². The van der Waals surface area contributed by atoms with E-state index >= 15 is 0 Å². The number of rotatable bonds is 5. The molecule has 0 fully saturated rings. The number of nitrogens with one attached hydrogen (secondary N) is 1. The fourth-order valence-electron chi connectivity index (χ4n) is 1.88. The minimum Gasteiger partial charge on any atom is -0.445 e. The molecule has 112 valence electrons. The second-order valence-corrected chi connectivity index (χ2v) is 4.64. The van der Waals surface area contributed by atoms with Gasteiger partial charge in [0, 0.05) is 6.54 Å². The first-order valence-electron chi connectivity index (χ1n) is 6.79. The molecule has 4 nitrogen and oxygen atoms in total. The number of carbonyl (C=O) groups excluding carboxylic acids is 1. The van der Waals surface area contributed by atoms with Crippen LogP contribution < -0.4 is 5.32 Å². The number of alkyl carbamates (subject to hydrolysis) is 1. The second-order valence-electron chi connectivity index (χ2n) is 4.64. The molecule has 22 heavy (non-hydrogen) atoms. The number of halogens is 1. The molecule has 0 aliphatic heterocycles. The Morgan fingerprint density at radius 2 is 1.95 bits per heavy atom. The summed E-state index contributed by atoms with van der Waals surface area (Å²) in [5.74, 6) is -0.542. The molecular formula is C17H15FN2O2. The van der Waals surface area contributed by atoms with Gasteiger partial charge in [-0.05, 0) is 23.6 Å². The summed E-state index contributed by atoms with van der Waals surface area (Å²) < 4.78 is 18.5. The van der Waals surface area contributed by atoms with Crippen molar-refractivity contribution in [2.24, 2.45) is 0 Å². The van der Waals surface area contributed by atoms with Gasteiger partial charge in [-0.15, -0.1) is 0 Å². The molecule has 0 heterocycles. The van der Waals surface area contributed by atoms with E-state index in [9.17, 15) is 9.18 Å². The first kappa shape index (κ1) is 15.5. The molecule has 0 aliphatic rings. The first-order valence-corrected chi connectivity index (χ1v) is 6.79. The summed E-state index contributed by atoms with van der Waals surface area (Å²) in [6.07, 6.45) is -0.0440. The van der Waals surface area contributed by atoms with Crippen LogP contribution in [0.2, 0.25) is 0 Å². The molecule has 5 heteroatoms. The SMILES string of the molecule is [C-]#[N+]c1ccc(CCNC(=O)OCc2ccccc2)cc1F. The number of carbonyl (C=O) groups is 1. The Morgan fingerprint density at radius 1 is 1.18 bits per heavy atom. The summed E-state index contributed by atoms with van der Waals surface area (Å²) in [6.45, 7) is 7.33. The van der Waals surface area contributed by atoms with Gasteiger partial charge in [0.1, 0.15) is 12.4 Å². The van der Waals surface area contributed by atoms with Crippen molar-refractivity contribution in [2.45, 2.75) is 13.0 Å². The van der Waals surface area contributed by atoms with Crippen LogP contribution in [0.5, 0.6) is 0 Å². The zero-order chi connectivity index (χ0) is 15.8. The number of hydrogen-bond acceptors (Lipinski definition) is 2. The van der Waals surface area contributed by atoms with E-state index in [1.807, 2.05) is 30.3 Å². The van der Waals surface area contributed by atoms with Crippen LogP contribution in [-0.2, 0) is 17.8 Å². The third-order valence-electron chi connectivity index (χ3n) is 3.03. The molecule has 1 N–H and O–H groups in total. The van der Waals surface area contributed by atoms with E-state index in [4.69, 9.17) is 11.3 Å². The maximum atomic E-state index is 13.4. The molecule has 2 aromatic carbocycles. The molecule has 0 unspecified atom stereocenters. The van der Waals surface area contributed by atoms with Crippen LogP contribution in [0, 0.1) is 12.4 Å². The predicted molar refractivity (Wildman–Crippen MR) is 81.0 cm³/mol. The number of nitrogens with zero attached hydrogens (tertiary/aromatic N) is 1. The van der Waals surface area contributed by atoms with Gasteiger partial charge in [0.2, 0.25) is 5.69 Å². The fraction of sp³-hybridized carbons (Fsp3) is 0.176. The van der Waals surface area contributed by atoms with Crippen LogP contribution in [0.25, 0.3) is 4.85 Å². The molecular weight excluding hydrogens is 283 g/mol. The number of amides is 1. The van der Waals surface area contributed by atoms with Gasteiger partial charge in [-0.3, -0.25) is 0 Å². The Hall–Kier alpha value is -2.87. The van der Waals surface area contributed by atoms with Gasteiger partial charge in [0.05, 0.1) is 6.57 Å². The lowest BCUT2D eigenvalue weighted by molar-refractivity contribution is 0.140. The molecule has 1 amide bonds. The number of benzene rings is 2. The highest BCUT2D eigenvalue weighted by atomic mass is 19.1. The summed E-state index contributed by atoms with van der Waals surface area (Å²) in [6, 6.07) is 13.8. The van der Waals surface area contributed by atoms with Crippen molar-refractivity contribution in [2.75, 3.05) is 6.54 Å². The zero-order valence-corrected chi connectivity index (χ0v) is 11.9. The lowest BCUT2D eigenvalue weighted by Gasteiger charge is -2.07. The standard InChI is InChI=1S/C17H15FN2O2/c1-19-16-8-7-13(11-15(16)18)9-10-20-17(21)22-12-14-5-3-2-4-6-14/h2-8,11H,9-10,12H2,(H,20,21). The van der Waals surface area contributed by atoms with Gasteiger partial charge in [-0.2, -0.15) is 0 Å². The topological polar surface area (TPSA) is 42.7 Å². The fourth-order valence-corrected chi connectivity index (χ4v) is 1.88. The van der Waals surface area contributed by atoms with Crippen LogP contribution in [0.4, 0.5) is 14.9 Å². The maximum Gasteiger partial charge on any atom is 0.407 e. The lowest BCUT2D eigenvalue weighted by atomic mass is 10.1. The third-order valence-corrected chi connectivity index (χ3v) is 3.03. The van der Waals surface area contributed by atoms with Crippen molar-refractivity contribution in [3.8, 4) is 0 Å². The maximum absolute atomic E-state index is 13.4. The second kappa shape index (κ2) is 7.79. The van der Waals surface area contributed by atoms with Crippen molar-refractivity contribution < 1.29 is 13.9 Å². The average Bonchev–Trinajstić information content (AvgIpc) is 2.54. The van der Waals surface area contributed by atoms with Crippen molar-refractivity contribution in [1.82, 2.24) is 5.32 Å². The molecule has 0 aromatic heterocycles. The molecule has 0 saturated heterocycles. The van der Waals surface area contributed by atoms with Crippen LogP contribution in [-0.4, -0.2) is 12.6 Å². The van der Waals surface area contributed by atoms with E-state index in [0.29, 0.717) is 18.5 Å². The van der Waals surface area contributed by atoms with Gasteiger partial charge >= 0.3 is 6.09 Å². The summed E-state index contributed by atoms with van der Waals surface area (Å²) in [5, 5.41) is 2.61. The Labute approximate surface area is 128 Å². The average molecular weight is 298 g/mol. The van der Waals surface area contributed by atoms with Crippen molar-refractivity contribution in [3.05, 3.63) is 76.9 Å². The molecule has 2 aromatic rings. The first-order chi connectivity index (χ1) is 10.7. The van der Waals surface area contributed by atoms with Gasteiger partial charge in [-0.1, -0.05) is 42.5 Å². The van der Waals surface area contributed by atoms with Gasteiger partial charge in [-0.25, -0.2) is 14.0 Å². The molecule has 0 atom stereocenters. The summed E-state index contributed by atoms with van der Waals surface area (Å²) in [7, 11) is 0. The number of ether oxygens (including phenoxy) is 1. The normalized spacial score (nSPS) is 9.82. The highest BCUT2D eigenvalue weighted by Crippen LogP contribution is 2.18. The molecule has 0 radical (unpaired) electrons. The monoisotopic (exact) mass is 298 g/mol. The molecule has 0 aliphatic carbocycles. The quantitative estimate of drug-likeness (QED) is 0.852. The Bertz CT molecular complexity index is 681. The zero-order valence-electron chi connectivity index (χ0n) is 11.9. The van der Waals surface area contributed by atoms with Crippen LogP contribution in [0.1, 0.15) is 11.1 Å². The van der Waals surface area contributed by atoms with Crippen LogP contribution >= 0.6 is 0 Å². The summed E-state index contributed by atoms with van der Waals surface area (Å²) in [5.41, 5.74) is 1.63. The summed E-state index contributed by atoms with van der Waals surface area (Å²) in [4.78, 5) is 14.6. The van der Waals surface area contributed by atoms with Crippen LogP contribution in [0.3, 0.4) is 0 Å². The van der Waals surface area contributed by atoms with E-state index in [-0.39, 0.29) is 12.3 Å². The Balaban J connectivity index is 1.73. The molecule has 2 rings (SSSR count). The minimum atomic E-state index is -0.542.